The molecule has 0 aromatic carbocycles. The van der Waals surface area contributed by atoms with E-state index in [9.17, 15) is 24.3 Å². The molecule has 3 atom stereocenters. The van der Waals surface area contributed by atoms with Crippen molar-refractivity contribution >= 4 is 36.3 Å². The highest BCUT2D eigenvalue weighted by atomic mass is 32.1. The Morgan fingerprint density at radius 2 is 1.77 bits per heavy atom. The van der Waals surface area contributed by atoms with Crippen molar-refractivity contribution < 1.29 is 29.4 Å². The summed E-state index contributed by atoms with van der Waals surface area (Å²) in [7, 11) is 0. The summed E-state index contributed by atoms with van der Waals surface area (Å²) >= 11 is 3.78. The van der Waals surface area contributed by atoms with E-state index in [2.05, 4.69) is 28.6 Å². The minimum absolute atomic E-state index is 0.159. The fraction of sp³-hybridized carbons (Fsp3) is 0.636. The molecule has 7 N–H and O–H groups in total. The summed E-state index contributed by atoms with van der Waals surface area (Å²) in [5, 5.41) is 24.9. The molecule has 3 unspecified atom stereocenters. The topological polar surface area (TPSA) is 171 Å². The van der Waals surface area contributed by atoms with Crippen molar-refractivity contribution in [2.45, 2.75) is 25.1 Å². The van der Waals surface area contributed by atoms with Gasteiger partial charge in [0.1, 0.15) is 12.1 Å². The summed E-state index contributed by atoms with van der Waals surface area (Å²) in [6.07, 6.45) is -1.27. The van der Waals surface area contributed by atoms with Crippen LogP contribution in [0.5, 0.6) is 0 Å². The van der Waals surface area contributed by atoms with Gasteiger partial charge in [-0.05, 0) is 6.92 Å². The van der Waals surface area contributed by atoms with Crippen LogP contribution in [0.2, 0.25) is 0 Å². The average molecular weight is 336 g/mol. The van der Waals surface area contributed by atoms with Crippen LogP contribution in [0, 0.1) is 0 Å². The van der Waals surface area contributed by atoms with Crippen LogP contribution in [0.3, 0.4) is 0 Å². The molecule has 0 saturated heterocycles. The zero-order valence-electron chi connectivity index (χ0n) is 11.9. The third-order valence-corrected chi connectivity index (χ3v) is 2.88. The van der Waals surface area contributed by atoms with Gasteiger partial charge in [0.15, 0.2) is 0 Å². The summed E-state index contributed by atoms with van der Waals surface area (Å²) in [4.78, 5) is 45.2. The van der Waals surface area contributed by atoms with E-state index in [0.29, 0.717) is 0 Å². The average Bonchev–Trinajstić information content (AvgIpc) is 2.46. The van der Waals surface area contributed by atoms with Crippen LogP contribution in [-0.2, 0) is 19.2 Å². The molecule has 0 spiro atoms. The molecule has 0 bridgehead atoms. The second kappa shape index (κ2) is 9.97. The molecule has 3 amide bonds. The summed E-state index contributed by atoms with van der Waals surface area (Å²) in [5.74, 6) is -3.63. The number of hydrogen-bond acceptors (Lipinski definition) is 7. The van der Waals surface area contributed by atoms with Gasteiger partial charge in [-0.25, -0.2) is 4.79 Å². The van der Waals surface area contributed by atoms with Gasteiger partial charge >= 0.3 is 5.97 Å². The zero-order chi connectivity index (χ0) is 17.3. The van der Waals surface area contributed by atoms with E-state index in [-0.39, 0.29) is 12.3 Å². The number of nitrogens with one attached hydrogen (secondary N) is 3. The van der Waals surface area contributed by atoms with Crippen molar-refractivity contribution in [3.05, 3.63) is 0 Å². The molecule has 0 saturated carbocycles. The molecule has 22 heavy (non-hydrogen) atoms. The number of carbonyl (C=O) groups excluding carboxylic acids is 3. The van der Waals surface area contributed by atoms with Crippen LogP contribution >= 0.6 is 12.6 Å². The molecule has 11 heteroatoms. The maximum Gasteiger partial charge on any atom is 0.327 e. The summed E-state index contributed by atoms with van der Waals surface area (Å²) < 4.78 is 0. The first kappa shape index (κ1) is 20.1. The Kier molecular flexibility index (Phi) is 9.13. The molecular weight excluding hydrogens is 316 g/mol. The van der Waals surface area contributed by atoms with Crippen LogP contribution in [0.4, 0.5) is 0 Å². The zero-order valence-corrected chi connectivity index (χ0v) is 12.8. The Bertz CT molecular complexity index is 431. The number of carbonyl (C=O) groups is 4. The predicted octanol–water partition coefficient (Wildman–Crippen LogP) is -3.57. The molecule has 126 valence electrons. The highest BCUT2D eigenvalue weighted by molar-refractivity contribution is 7.80. The van der Waals surface area contributed by atoms with Gasteiger partial charge in [0.2, 0.25) is 17.7 Å². The molecule has 0 aliphatic heterocycles. The number of aliphatic carboxylic acids is 1. The van der Waals surface area contributed by atoms with Gasteiger partial charge in [-0.3, -0.25) is 14.4 Å². The fourth-order valence-electron chi connectivity index (χ4n) is 1.33. The maximum absolute atomic E-state index is 11.9. The maximum atomic E-state index is 11.9. The Hall–Kier alpha value is -1.85. The van der Waals surface area contributed by atoms with Gasteiger partial charge in [-0.1, -0.05) is 0 Å². The largest absolute Gasteiger partial charge is 0.480 e. The van der Waals surface area contributed by atoms with Crippen molar-refractivity contribution in [2.24, 2.45) is 5.73 Å². The minimum atomic E-state index is -1.37. The lowest BCUT2D eigenvalue weighted by molar-refractivity contribution is -0.142. The summed E-state index contributed by atoms with van der Waals surface area (Å²) in [6.45, 7) is 0.525. The van der Waals surface area contributed by atoms with Crippen molar-refractivity contribution in [1.82, 2.24) is 16.0 Å². The quantitative estimate of drug-likeness (QED) is 0.213. The molecule has 0 radical (unpaired) electrons. The normalized spacial score (nSPS) is 14.4. The number of carboxylic acid groups (broad SMARTS) is 1. The Balaban J connectivity index is 4.65. The molecule has 0 heterocycles. The SMILES string of the molecule is CC(O)C(NC(=O)CNC(=O)CN)C(=O)NC(CS)C(=O)O. The lowest BCUT2D eigenvalue weighted by atomic mass is 10.1. The van der Waals surface area contributed by atoms with E-state index >= 15 is 0 Å². The minimum Gasteiger partial charge on any atom is -0.480 e. The van der Waals surface area contributed by atoms with Crippen LogP contribution in [0.15, 0.2) is 0 Å². The van der Waals surface area contributed by atoms with Crippen LogP contribution in [-0.4, -0.2) is 70.9 Å². The third-order valence-electron chi connectivity index (χ3n) is 2.51. The van der Waals surface area contributed by atoms with E-state index in [1.807, 2.05) is 0 Å². The van der Waals surface area contributed by atoms with Crippen molar-refractivity contribution in [3.63, 3.8) is 0 Å². The molecule has 0 aliphatic rings. The van der Waals surface area contributed by atoms with Crippen molar-refractivity contribution in [2.75, 3.05) is 18.8 Å². The van der Waals surface area contributed by atoms with E-state index in [4.69, 9.17) is 10.8 Å². The monoisotopic (exact) mass is 336 g/mol. The predicted molar refractivity (Wildman–Crippen MR) is 79.1 cm³/mol. The van der Waals surface area contributed by atoms with Gasteiger partial charge < -0.3 is 31.9 Å². The van der Waals surface area contributed by atoms with Crippen LogP contribution < -0.4 is 21.7 Å². The number of hydrogen-bond donors (Lipinski definition) is 7. The van der Waals surface area contributed by atoms with E-state index in [1.165, 1.54) is 6.92 Å². The Morgan fingerprint density at radius 1 is 1.18 bits per heavy atom. The van der Waals surface area contributed by atoms with Gasteiger partial charge in [-0.2, -0.15) is 12.6 Å². The lowest BCUT2D eigenvalue weighted by Gasteiger charge is -2.22. The first-order valence-electron chi connectivity index (χ1n) is 6.31. The fourth-order valence-corrected chi connectivity index (χ4v) is 1.58. The molecule has 10 nitrogen and oxygen atoms in total. The molecule has 0 fully saturated rings. The standard InChI is InChI=1S/C11H20N4O6S/c1-5(16)9(10(19)14-6(4-22)11(20)21)15-8(18)3-13-7(17)2-12/h5-6,9,16,22H,2-4,12H2,1H3,(H,13,17)(H,14,19)(H,15,18)(H,20,21). The number of rotatable bonds is 9. The van der Waals surface area contributed by atoms with E-state index in [1.54, 1.807) is 0 Å². The lowest BCUT2D eigenvalue weighted by Crippen LogP contribution is -2.57. The molecule has 0 aliphatic carbocycles. The molecule has 0 rings (SSSR count). The van der Waals surface area contributed by atoms with Gasteiger partial charge in [0.05, 0.1) is 19.2 Å². The van der Waals surface area contributed by atoms with Gasteiger partial charge in [-0.15, -0.1) is 0 Å². The van der Waals surface area contributed by atoms with E-state index in [0.717, 1.165) is 0 Å². The molecule has 0 aromatic heterocycles. The number of carboxylic acids is 1. The number of aliphatic hydroxyl groups excluding tert-OH is 1. The first-order chi connectivity index (χ1) is 10.2. The summed E-state index contributed by atoms with van der Waals surface area (Å²) in [6, 6.07) is -2.63. The summed E-state index contributed by atoms with van der Waals surface area (Å²) in [5.41, 5.74) is 5.04. The van der Waals surface area contributed by atoms with Crippen LogP contribution in [0.25, 0.3) is 0 Å². The Morgan fingerprint density at radius 3 is 2.18 bits per heavy atom. The Labute approximate surface area is 132 Å². The van der Waals surface area contributed by atoms with Gasteiger partial charge in [0, 0.05) is 5.75 Å². The van der Waals surface area contributed by atoms with Gasteiger partial charge in [0.25, 0.3) is 0 Å². The third kappa shape index (κ3) is 7.24. The highest BCUT2D eigenvalue weighted by Gasteiger charge is 2.29. The first-order valence-corrected chi connectivity index (χ1v) is 6.94. The second-order valence-electron chi connectivity index (χ2n) is 4.35. The van der Waals surface area contributed by atoms with Crippen molar-refractivity contribution in [3.8, 4) is 0 Å². The second-order valence-corrected chi connectivity index (χ2v) is 4.71. The number of nitrogens with two attached hydrogens (primary N) is 1. The molecular formula is C11H20N4O6S. The highest BCUT2D eigenvalue weighted by Crippen LogP contribution is 1.96. The number of thiol groups is 1. The number of aliphatic hydroxyl groups is 1. The smallest absolute Gasteiger partial charge is 0.327 e. The number of amides is 3. The van der Waals surface area contributed by atoms with E-state index < -0.39 is 48.4 Å². The molecule has 0 aromatic rings. The van der Waals surface area contributed by atoms with Crippen LogP contribution in [0.1, 0.15) is 6.92 Å². The van der Waals surface area contributed by atoms with Crippen molar-refractivity contribution in [1.29, 1.82) is 0 Å².